The van der Waals surface area contributed by atoms with Gasteiger partial charge in [-0.3, -0.25) is 37.3 Å². The minimum Gasteiger partial charge on any atom is -0.462 e. The molecule has 0 saturated heterocycles. The second kappa shape index (κ2) is 67.9. The van der Waals surface area contributed by atoms with Crippen LogP contribution in [0.4, 0.5) is 0 Å². The van der Waals surface area contributed by atoms with E-state index in [9.17, 15) is 43.2 Å². The van der Waals surface area contributed by atoms with Crippen molar-refractivity contribution in [3.05, 3.63) is 0 Å². The van der Waals surface area contributed by atoms with Gasteiger partial charge in [-0.05, 0) is 37.5 Å². The summed E-state index contributed by atoms with van der Waals surface area (Å²) in [5, 5.41) is 10.6. The van der Waals surface area contributed by atoms with Crippen LogP contribution < -0.4 is 0 Å². The van der Waals surface area contributed by atoms with Gasteiger partial charge in [-0.15, -0.1) is 0 Å². The van der Waals surface area contributed by atoms with Gasteiger partial charge in [0.05, 0.1) is 26.4 Å². The number of carbonyl (C=O) groups excluding carboxylic acids is 4. The number of phosphoric ester groups is 2. The molecule has 0 rings (SSSR count). The lowest BCUT2D eigenvalue weighted by Gasteiger charge is -2.21. The Bertz CT molecular complexity index is 1840. The van der Waals surface area contributed by atoms with Crippen molar-refractivity contribution in [3.8, 4) is 0 Å². The predicted molar refractivity (Wildman–Crippen MR) is 386 cm³/mol. The Kier molecular flexibility index (Phi) is 66.5. The Labute approximate surface area is 581 Å². The summed E-state index contributed by atoms with van der Waals surface area (Å²) in [5.74, 6) is -0.579. The summed E-state index contributed by atoms with van der Waals surface area (Å²) < 4.78 is 68.4. The van der Waals surface area contributed by atoms with E-state index in [1.54, 1.807) is 0 Å². The second-order valence-corrected chi connectivity index (χ2v) is 31.0. The van der Waals surface area contributed by atoms with E-state index in [1.165, 1.54) is 212 Å². The van der Waals surface area contributed by atoms with Gasteiger partial charge < -0.3 is 33.8 Å². The second-order valence-electron chi connectivity index (χ2n) is 28.1. The molecule has 0 aromatic rings. The minimum atomic E-state index is -4.96. The molecule has 0 heterocycles. The Balaban J connectivity index is 5.19. The number of ether oxygens (including phenoxy) is 4. The van der Waals surface area contributed by atoms with Crippen molar-refractivity contribution in [3.63, 3.8) is 0 Å². The maximum atomic E-state index is 13.1. The number of unbranched alkanes of at least 4 members (excludes halogenated alkanes) is 44. The van der Waals surface area contributed by atoms with Crippen LogP contribution in [-0.2, 0) is 65.4 Å². The summed E-state index contributed by atoms with van der Waals surface area (Å²) in [6.07, 6.45) is 55.6. The summed E-state index contributed by atoms with van der Waals surface area (Å²) >= 11 is 0. The normalized spacial score (nSPS) is 14.3. The number of aliphatic hydroxyl groups excluding tert-OH is 1. The number of esters is 4. The van der Waals surface area contributed by atoms with Gasteiger partial charge in [0.15, 0.2) is 12.2 Å². The fourth-order valence-corrected chi connectivity index (χ4v) is 13.2. The lowest BCUT2D eigenvalue weighted by Crippen LogP contribution is -2.30. The highest BCUT2D eigenvalue weighted by atomic mass is 31.2. The molecule has 3 N–H and O–H groups in total. The third-order valence-corrected chi connectivity index (χ3v) is 20.0. The van der Waals surface area contributed by atoms with Crippen LogP contribution in [0.5, 0.6) is 0 Å². The van der Waals surface area contributed by atoms with E-state index < -0.39 is 97.5 Å². The van der Waals surface area contributed by atoms with Crippen LogP contribution in [0, 0.1) is 11.8 Å². The highest BCUT2D eigenvalue weighted by Gasteiger charge is 2.30. The van der Waals surface area contributed by atoms with Crippen molar-refractivity contribution in [2.24, 2.45) is 11.8 Å². The van der Waals surface area contributed by atoms with Gasteiger partial charge in [-0.2, -0.15) is 0 Å². The molecule has 0 aliphatic carbocycles. The van der Waals surface area contributed by atoms with Gasteiger partial charge in [0.2, 0.25) is 0 Å². The molecule has 0 amide bonds. The first kappa shape index (κ1) is 93.1. The summed E-state index contributed by atoms with van der Waals surface area (Å²) in [4.78, 5) is 72.7. The van der Waals surface area contributed by atoms with Gasteiger partial charge in [-0.25, -0.2) is 9.13 Å². The maximum absolute atomic E-state index is 13.1. The molecular weight excluding hydrogens is 1250 g/mol. The smallest absolute Gasteiger partial charge is 0.462 e. The zero-order chi connectivity index (χ0) is 70.0. The lowest BCUT2D eigenvalue weighted by molar-refractivity contribution is -0.161. The standard InChI is InChI=1S/C76H148O17P2/c1-7-10-12-14-16-18-19-20-25-29-32-36-40-47-53-59-74(79)87-64-71(92-75(80)60-54-48-41-37-33-30-27-24-22-21-23-26-28-31-35-38-44-50-56-68(4)5)66-90-94(82,83)88-62-70(77)63-89-95(84,85)91-67-72(65-86-73(78)58-52-46-39-34-17-15-13-11-8-2)93-76(81)61-55-49-43-42-45-51-57-69(6)9-3/h68-72,77H,7-67H2,1-6H3,(H,82,83)(H,84,85)/t69?,70-,71-,72-/m1/s1. The van der Waals surface area contributed by atoms with Crippen LogP contribution in [0.3, 0.4) is 0 Å². The van der Waals surface area contributed by atoms with Crippen LogP contribution >= 0.6 is 15.6 Å². The quantitative estimate of drug-likeness (QED) is 0.0222. The van der Waals surface area contributed by atoms with Crippen molar-refractivity contribution >= 4 is 39.5 Å². The molecule has 95 heavy (non-hydrogen) atoms. The number of carbonyl (C=O) groups is 4. The van der Waals surface area contributed by atoms with Crippen molar-refractivity contribution in [2.75, 3.05) is 39.6 Å². The average Bonchev–Trinajstić information content (AvgIpc) is 2.05. The van der Waals surface area contributed by atoms with E-state index in [-0.39, 0.29) is 25.7 Å². The Hall–Kier alpha value is -1.94. The Morgan fingerprint density at radius 2 is 0.537 bits per heavy atom. The molecule has 3 unspecified atom stereocenters. The summed E-state index contributed by atoms with van der Waals surface area (Å²) in [6, 6.07) is 0. The highest BCUT2D eigenvalue weighted by molar-refractivity contribution is 7.47. The fraction of sp³-hybridized carbons (Fsp3) is 0.947. The molecule has 564 valence electrons. The summed E-state index contributed by atoms with van der Waals surface area (Å²) in [6.45, 7) is 9.57. The first-order valence-corrected chi connectivity index (χ1v) is 42.5. The van der Waals surface area contributed by atoms with Crippen molar-refractivity contribution in [1.82, 2.24) is 0 Å². The molecule has 0 spiro atoms. The van der Waals surface area contributed by atoms with Gasteiger partial charge in [-0.1, -0.05) is 343 Å². The largest absolute Gasteiger partial charge is 0.472 e. The number of rotatable bonds is 75. The molecule has 0 saturated carbocycles. The highest BCUT2D eigenvalue weighted by Crippen LogP contribution is 2.45. The van der Waals surface area contributed by atoms with Crippen molar-refractivity contribution in [1.29, 1.82) is 0 Å². The van der Waals surface area contributed by atoms with Gasteiger partial charge in [0, 0.05) is 25.7 Å². The molecule has 0 fully saturated rings. The van der Waals surface area contributed by atoms with Crippen molar-refractivity contribution < 1.29 is 80.2 Å². The summed E-state index contributed by atoms with van der Waals surface area (Å²) in [5.41, 5.74) is 0. The molecule has 0 aliphatic rings. The number of hydrogen-bond acceptors (Lipinski definition) is 15. The van der Waals surface area contributed by atoms with E-state index in [0.29, 0.717) is 25.7 Å². The van der Waals surface area contributed by atoms with Gasteiger partial charge in [0.1, 0.15) is 19.3 Å². The van der Waals surface area contributed by atoms with Crippen LogP contribution in [-0.4, -0.2) is 96.7 Å². The zero-order valence-electron chi connectivity index (χ0n) is 62.0. The van der Waals surface area contributed by atoms with Crippen LogP contribution in [0.25, 0.3) is 0 Å². The van der Waals surface area contributed by atoms with E-state index in [2.05, 4.69) is 41.5 Å². The predicted octanol–water partition coefficient (Wildman–Crippen LogP) is 22.3. The Morgan fingerprint density at radius 1 is 0.305 bits per heavy atom. The monoisotopic (exact) mass is 1400 g/mol. The minimum absolute atomic E-state index is 0.103. The topological polar surface area (TPSA) is 237 Å². The van der Waals surface area contributed by atoms with E-state index >= 15 is 0 Å². The SMILES string of the molecule is CCCCCCCCCCCCCCCCCC(=O)OC[C@H](COP(=O)(O)OC[C@@H](O)COP(=O)(O)OC[C@@H](COC(=O)CCCCCCCCCCC)OC(=O)CCCCCCCCC(C)CC)OC(=O)CCCCCCCCCCCCCCCCCCCCC(C)C. The van der Waals surface area contributed by atoms with Crippen LogP contribution in [0.2, 0.25) is 0 Å². The van der Waals surface area contributed by atoms with E-state index in [4.69, 9.17) is 37.0 Å². The molecule has 17 nitrogen and oxygen atoms in total. The average molecular weight is 1400 g/mol. The molecule has 19 heteroatoms. The molecule has 0 aromatic heterocycles. The van der Waals surface area contributed by atoms with E-state index in [0.717, 1.165) is 102 Å². The number of phosphoric acid groups is 2. The lowest BCUT2D eigenvalue weighted by atomic mass is 10.00. The van der Waals surface area contributed by atoms with Crippen LogP contribution in [0.15, 0.2) is 0 Å². The van der Waals surface area contributed by atoms with E-state index in [1.807, 2.05) is 0 Å². The molecule has 0 aliphatic heterocycles. The first-order chi connectivity index (χ1) is 45.9. The fourth-order valence-electron chi connectivity index (χ4n) is 11.6. The first-order valence-electron chi connectivity index (χ1n) is 39.5. The molecule has 6 atom stereocenters. The third kappa shape index (κ3) is 69.0. The number of hydrogen-bond donors (Lipinski definition) is 3. The molecule has 0 aromatic carbocycles. The number of aliphatic hydroxyl groups is 1. The summed E-state index contributed by atoms with van der Waals surface area (Å²) in [7, 11) is -9.91. The molecular formula is C76H148O17P2. The maximum Gasteiger partial charge on any atom is 0.472 e. The van der Waals surface area contributed by atoms with Crippen molar-refractivity contribution in [2.45, 2.75) is 413 Å². The molecule has 0 bridgehead atoms. The van der Waals surface area contributed by atoms with Gasteiger partial charge >= 0.3 is 39.5 Å². The third-order valence-electron chi connectivity index (χ3n) is 18.1. The molecule has 0 radical (unpaired) electrons. The van der Waals surface area contributed by atoms with Gasteiger partial charge in [0.25, 0.3) is 0 Å². The zero-order valence-corrected chi connectivity index (χ0v) is 63.8. The van der Waals surface area contributed by atoms with Crippen LogP contribution in [0.1, 0.15) is 395 Å². The Morgan fingerprint density at radius 3 is 0.800 bits per heavy atom.